The fraction of sp³-hybridized carbons (Fsp3) is 0.811. The molecule has 0 radical (unpaired) electrons. The van der Waals surface area contributed by atoms with Crippen LogP contribution in [0.4, 0.5) is 4.79 Å². The van der Waals surface area contributed by atoms with Gasteiger partial charge in [-0.3, -0.25) is 19.2 Å². The molecule has 3 fully saturated rings. The first kappa shape index (κ1) is 40.8. The monoisotopic (exact) mass is 706 g/mol. The van der Waals surface area contributed by atoms with Crippen molar-refractivity contribution in [2.24, 2.45) is 34.0 Å². The summed E-state index contributed by atoms with van der Waals surface area (Å²) in [6.07, 6.45) is 9.06. The molecule has 1 saturated heterocycles. The molecule has 0 aromatic heterocycles. The van der Waals surface area contributed by atoms with Crippen LogP contribution < -0.4 is 10.6 Å². The van der Waals surface area contributed by atoms with E-state index in [1.54, 1.807) is 11.0 Å². The summed E-state index contributed by atoms with van der Waals surface area (Å²) in [7, 11) is -2.04. The van der Waals surface area contributed by atoms with E-state index in [9.17, 15) is 32.4 Å². The van der Waals surface area contributed by atoms with Gasteiger partial charge in [0.2, 0.25) is 21.7 Å². The maximum atomic E-state index is 14.6. The summed E-state index contributed by atoms with van der Waals surface area (Å²) in [5.41, 5.74) is -1.09. The van der Waals surface area contributed by atoms with Crippen molar-refractivity contribution in [1.82, 2.24) is 19.8 Å². The molecule has 1 aliphatic heterocycles. The quantitative estimate of drug-likeness (QED) is 0.162. The number of urea groups is 1. The zero-order valence-electron chi connectivity index (χ0n) is 31.4. The molecule has 6 atom stereocenters. The summed E-state index contributed by atoms with van der Waals surface area (Å²) in [5.74, 6) is -2.09. The highest BCUT2D eigenvalue weighted by Gasteiger charge is 2.63. The molecule has 0 aromatic rings. The second-order valence-electron chi connectivity index (χ2n) is 17.1. The van der Waals surface area contributed by atoms with E-state index in [0.717, 1.165) is 38.4 Å². The third-order valence-corrected chi connectivity index (χ3v) is 12.5. The average molecular weight is 707 g/mol. The molecule has 11 nitrogen and oxygen atoms in total. The Bertz CT molecular complexity index is 1380. The van der Waals surface area contributed by atoms with Gasteiger partial charge in [-0.15, -0.1) is 6.58 Å². The number of nitrogens with one attached hydrogen (secondary N) is 2. The number of fused-ring (bicyclic) bond motifs is 2. The topological polar surface area (TPSA) is 150 Å². The highest BCUT2D eigenvalue weighted by Crippen LogP contribution is 2.66. The highest BCUT2D eigenvalue weighted by atomic mass is 32.2. The number of nitrogens with zero attached hydrogens (tertiary/aromatic N) is 2. The largest absolute Gasteiger partial charge is 0.334 e. The molecule has 49 heavy (non-hydrogen) atoms. The van der Waals surface area contributed by atoms with E-state index in [2.05, 4.69) is 17.2 Å². The molecule has 1 unspecified atom stereocenters. The molecular formula is C37H62N4O7S. The van der Waals surface area contributed by atoms with E-state index >= 15 is 0 Å². The number of likely N-dealkylation sites (tertiary alicyclic amines) is 1. The van der Waals surface area contributed by atoms with E-state index < -0.39 is 62.5 Å². The zero-order chi connectivity index (χ0) is 37.1. The maximum Gasteiger partial charge on any atom is 0.315 e. The number of allylic oxidation sites excluding steroid dienone is 1. The van der Waals surface area contributed by atoms with Crippen LogP contribution in [0.25, 0.3) is 0 Å². The normalized spacial score (nSPS) is 23.5. The Morgan fingerprint density at radius 2 is 1.65 bits per heavy atom. The second-order valence-corrected chi connectivity index (χ2v) is 19.2. The average Bonchev–Trinajstić information content (AvgIpc) is 3.56. The van der Waals surface area contributed by atoms with Crippen LogP contribution in [0.1, 0.15) is 113 Å². The van der Waals surface area contributed by atoms with Crippen molar-refractivity contribution >= 4 is 39.3 Å². The smallest absolute Gasteiger partial charge is 0.315 e. The lowest BCUT2D eigenvalue weighted by Gasteiger charge is -2.38. The van der Waals surface area contributed by atoms with Crippen LogP contribution in [-0.4, -0.2) is 91.4 Å². The van der Waals surface area contributed by atoms with Crippen molar-refractivity contribution in [3.05, 3.63) is 12.7 Å². The molecule has 3 amide bonds. The Balaban J connectivity index is 1.89. The lowest BCUT2D eigenvalue weighted by Crippen LogP contribution is -2.61. The minimum atomic E-state index is -3.49. The van der Waals surface area contributed by atoms with Gasteiger partial charge in [-0.2, -0.15) is 0 Å². The summed E-state index contributed by atoms with van der Waals surface area (Å²) in [6.45, 7) is 17.4. The van der Waals surface area contributed by atoms with Crippen molar-refractivity contribution in [1.29, 1.82) is 0 Å². The maximum absolute atomic E-state index is 14.6. The third-order valence-electron chi connectivity index (χ3n) is 11.2. The molecule has 2 N–H and O–H groups in total. The fourth-order valence-corrected chi connectivity index (χ4v) is 8.20. The summed E-state index contributed by atoms with van der Waals surface area (Å²) >= 11 is 0. The lowest BCUT2D eigenvalue weighted by atomic mass is 9.82. The molecular weight excluding hydrogens is 644 g/mol. The van der Waals surface area contributed by atoms with Gasteiger partial charge in [0.1, 0.15) is 6.04 Å². The molecule has 2 saturated carbocycles. The van der Waals surface area contributed by atoms with Crippen molar-refractivity contribution in [2.45, 2.75) is 131 Å². The number of Topliss-reactive ketones (excluding diaryl/α,β-unsaturated/α-hetero) is 3. The number of carbonyl (C=O) groups is 5. The van der Waals surface area contributed by atoms with E-state index in [0.29, 0.717) is 25.8 Å². The summed E-state index contributed by atoms with van der Waals surface area (Å²) in [4.78, 5) is 70.3. The molecule has 1 spiro atoms. The third kappa shape index (κ3) is 10.0. The number of likely N-dealkylation sites (N-methyl/N-ethyl adjacent to an activating group) is 1. The minimum Gasteiger partial charge on any atom is -0.334 e. The van der Waals surface area contributed by atoms with Crippen LogP contribution >= 0.6 is 0 Å². The van der Waals surface area contributed by atoms with Crippen molar-refractivity contribution < 1.29 is 32.4 Å². The number of amides is 3. The first-order valence-electron chi connectivity index (χ1n) is 18.1. The summed E-state index contributed by atoms with van der Waals surface area (Å²) in [6, 6.07) is -2.87. The lowest BCUT2D eigenvalue weighted by molar-refractivity contribution is -0.144. The van der Waals surface area contributed by atoms with Gasteiger partial charge in [-0.05, 0) is 66.6 Å². The Labute approximate surface area is 294 Å². The molecule has 3 aliphatic rings. The summed E-state index contributed by atoms with van der Waals surface area (Å²) in [5, 5.41) is 5.82. The van der Waals surface area contributed by atoms with E-state index in [-0.39, 0.29) is 48.3 Å². The number of carbonyl (C=O) groups excluding carboxylic acids is 5. The van der Waals surface area contributed by atoms with Crippen LogP contribution in [-0.2, 0) is 29.2 Å². The first-order valence-corrected chi connectivity index (χ1v) is 19.9. The molecule has 12 heteroatoms. The molecule has 0 aromatic carbocycles. The van der Waals surface area contributed by atoms with Gasteiger partial charge in [0.05, 0.1) is 12.3 Å². The number of hydrogen-bond acceptors (Lipinski definition) is 7. The Kier molecular flexibility index (Phi) is 13.1. The minimum absolute atomic E-state index is 0.0245. The van der Waals surface area contributed by atoms with Crippen molar-refractivity contribution in [2.75, 3.05) is 26.4 Å². The zero-order valence-corrected chi connectivity index (χ0v) is 32.2. The van der Waals surface area contributed by atoms with Crippen LogP contribution in [0.3, 0.4) is 0 Å². The predicted molar refractivity (Wildman–Crippen MR) is 191 cm³/mol. The predicted octanol–water partition coefficient (Wildman–Crippen LogP) is 4.89. The Morgan fingerprint density at radius 3 is 2.16 bits per heavy atom. The van der Waals surface area contributed by atoms with E-state index in [4.69, 9.17) is 0 Å². The van der Waals surface area contributed by atoms with Gasteiger partial charge in [0.15, 0.2) is 11.6 Å². The number of ketones is 3. The number of hydrogen-bond donors (Lipinski definition) is 2. The molecule has 2 aliphatic carbocycles. The molecule has 278 valence electrons. The van der Waals surface area contributed by atoms with E-state index in [1.807, 2.05) is 48.5 Å². The number of unbranched alkanes of at least 4 members (excludes halogenated alkanes) is 1. The molecule has 1 heterocycles. The van der Waals surface area contributed by atoms with Crippen LogP contribution in [0, 0.1) is 34.0 Å². The second kappa shape index (κ2) is 15.7. The molecule has 3 rings (SSSR count). The van der Waals surface area contributed by atoms with Crippen LogP contribution in [0.2, 0.25) is 0 Å². The highest BCUT2D eigenvalue weighted by molar-refractivity contribution is 7.88. The van der Waals surface area contributed by atoms with Crippen LogP contribution in [0.5, 0.6) is 0 Å². The van der Waals surface area contributed by atoms with Crippen molar-refractivity contribution in [3.63, 3.8) is 0 Å². The fourth-order valence-electron chi connectivity index (χ4n) is 7.78. The number of rotatable bonds is 17. The Hall–Kier alpha value is -2.60. The van der Waals surface area contributed by atoms with Gasteiger partial charge in [-0.1, -0.05) is 67.4 Å². The van der Waals surface area contributed by atoms with Crippen molar-refractivity contribution in [3.8, 4) is 0 Å². The number of sulfonamides is 1. The first-order chi connectivity index (χ1) is 22.6. The van der Waals surface area contributed by atoms with Gasteiger partial charge < -0.3 is 15.5 Å². The SMILES string of the molecule is C=CCCC(=O)C(=O)C(CCCC)CC(=O)[C@@H]1[C@H]2CCC3(CC3)[C@H]2CN1C(=O)[C@@H](NC(=O)N[C@H](CN(C)S(C)(=O)=O)C(C)(C)C)C(C)(C)C. The van der Waals surface area contributed by atoms with Gasteiger partial charge in [0, 0.05) is 44.9 Å². The van der Waals surface area contributed by atoms with Gasteiger partial charge in [0.25, 0.3) is 0 Å². The van der Waals surface area contributed by atoms with Gasteiger partial charge >= 0.3 is 6.03 Å². The van der Waals surface area contributed by atoms with Crippen LogP contribution in [0.15, 0.2) is 12.7 Å². The standard InChI is InChI=1S/C37H62N4O7S/c1-11-13-15-24(31(44)27(42)16-14-12-2)21-28(43)30-25-17-18-37(19-20-37)26(25)22-41(30)33(45)32(36(6,7)8)39-34(46)38-29(35(3,4)5)23-40(9)49(10,47)48/h12,24-26,29-30,32H,2,11,13-23H2,1,3-10H3,(H2,38,39,46)/t24?,25-,26-,29+,30-,32+/m0/s1. The summed E-state index contributed by atoms with van der Waals surface area (Å²) < 4.78 is 25.5. The molecule has 0 bridgehead atoms. The van der Waals surface area contributed by atoms with E-state index in [1.165, 1.54) is 11.4 Å². The Morgan fingerprint density at radius 1 is 1.02 bits per heavy atom. The van der Waals surface area contributed by atoms with Gasteiger partial charge in [-0.25, -0.2) is 17.5 Å².